The molecule has 1 saturated heterocycles. The van der Waals surface area contributed by atoms with Gasteiger partial charge in [0.25, 0.3) is 0 Å². The van der Waals surface area contributed by atoms with Crippen LogP contribution in [0.3, 0.4) is 0 Å². The Morgan fingerprint density at radius 3 is 2.25 bits per heavy atom. The first kappa shape index (κ1) is 8.51. The predicted octanol–water partition coefficient (Wildman–Crippen LogP) is 1.31. The highest BCUT2D eigenvalue weighted by Gasteiger charge is 2.38. The minimum atomic E-state index is -2.41. The van der Waals surface area contributed by atoms with Crippen molar-refractivity contribution in [2.45, 2.75) is 19.3 Å². The average molecular weight is 188 g/mol. The Bertz CT molecular complexity index is 261. The van der Waals surface area contributed by atoms with Crippen molar-refractivity contribution in [2.75, 3.05) is 19.3 Å². The van der Waals surface area contributed by atoms with Crippen LogP contribution < -0.4 is 0 Å². The van der Waals surface area contributed by atoms with E-state index in [0.717, 1.165) is 24.9 Å². The van der Waals surface area contributed by atoms with Crippen molar-refractivity contribution in [2.24, 2.45) is 11.8 Å². The number of hydrogen-bond acceptors (Lipinski definition) is 2. The molecule has 0 bridgehead atoms. The standard InChI is InChI=1S/C8H16N2OS/c1-12(9,11)10-5-7-3-2-4-8(7)6-10/h7-9H,2-6H2,1H3. The molecule has 3 atom stereocenters. The van der Waals surface area contributed by atoms with Gasteiger partial charge in [0.1, 0.15) is 9.92 Å². The fraction of sp³-hybridized carbons (Fsp3) is 1.00. The molecule has 0 aromatic heterocycles. The van der Waals surface area contributed by atoms with Crippen molar-refractivity contribution < 1.29 is 4.21 Å². The van der Waals surface area contributed by atoms with Gasteiger partial charge in [0, 0.05) is 19.3 Å². The minimum absolute atomic E-state index is 0.746. The lowest BCUT2D eigenvalue weighted by molar-refractivity contribution is 0.481. The normalized spacial score (nSPS) is 41.1. The molecular formula is C8H16N2OS. The van der Waals surface area contributed by atoms with E-state index in [-0.39, 0.29) is 0 Å². The van der Waals surface area contributed by atoms with E-state index in [0.29, 0.717) is 0 Å². The summed E-state index contributed by atoms with van der Waals surface area (Å²) in [6.45, 7) is 1.81. The molecule has 2 fully saturated rings. The first-order valence-electron chi connectivity index (χ1n) is 4.56. The molecule has 2 aliphatic rings. The van der Waals surface area contributed by atoms with Crippen LogP contribution in [0.2, 0.25) is 0 Å². The van der Waals surface area contributed by atoms with Crippen molar-refractivity contribution in [1.29, 1.82) is 4.78 Å². The molecule has 1 heterocycles. The van der Waals surface area contributed by atoms with Gasteiger partial charge >= 0.3 is 0 Å². The molecule has 70 valence electrons. The van der Waals surface area contributed by atoms with Gasteiger partial charge in [-0.1, -0.05) is 6.42 Å². The maximum atomic E-state index is 11.4. The van der Waals surface area contributed by atoms with Gasteiger partial charge in [-0.2, -0.15) is 0 Å². The van der Waals surface area contributed by atoms with Gasteiger partial charge in [0.15, 0.2) is 0 Å². The second-order valence-electron chi connectivity index (χ2n) is 4.10. The van der Waals surface area contributed by atoms with E-state index in [1.165, 1.54) is 25.5 Å². The van der Waals surface area contributed by atoms with Crippen molar-refractivity contribution in [3.05, 3.63) is 0 Å². The zero-order valence-corrected chi connectivity index (χ0v) is 8.27. The molecule has 0 spiro atoms. The number of nitrogens with one attached hydrogen (secondary N) is 1. The van der Waals surface area contributed by atoms with E-state index in [9.17, 15) is 4.21 Å². The Balaban J connectivity index is 2.09. The van der Waals surface area contributed by atoms with E-state index in [1.807, 2.05) is 4.31 Å². The highest BCUT2D eigenvalue weighted by Crippen LogP contribution is 2.38. The second kappa shape index (κ2) is 2.70. The largest absolute Gasteiger partial charge is 0.240 e. The van der Waals surface area contributed by atoms with Crippen LogP contribution in [-0.4, -0.2) is 27.9 Å². The van der Waals surface area contributed by atoms with Crippen LogP contribution in [-0.2, 0) is 9.92 Å². The van der Waals surface area contributed by atoms with Gasteiger partial charge in [0.05, 0.1) is 0 Å². The Morgan fingerprint density at radius 2 is 1.83 bits per heavy atom. The van der Waals surface area contributed by atoms with Gasteiger partial charge in [-0.3, -0.25) is 0 Å². The summed E-state index contributed by atoms with van der Waals surface area (Å²) in [5.74, 6) is 1.49. The van der Waals surface area contributed by atoms with Crippen LogP contribution in [0.4, 0.5) is 0 Å². The minimum Gasteiger partial charge on any atom is -0.240 e. The Kier molecular flexibility index (Phi) is 1.92. The molecule has 3 nitrogen and oxygen atoms in total. The summed E-state index contributed by atoms with van der Waals surface area (Å²) in [5.41, 5.74) is 0. The maximum absolute atomic E-state index is 11.4. The molecule has 0 radical (unpaired) electrons. The molecule has 1 aliphatic heterocycles. The van der Waals surface area contributed by atoms with Crippen molar-refractivity contribution in [3.8, 4) is 0 Å². The molecule has 0 aromatic carbocycles. The Hall–Kier alpha value is -0.0900. The predicted molar refractivity (Wildman–Crippen MR) is 49.2 cm³/mol. The van der Waals surface area contributed by atoms with E-state index >= 15 is 0 Å². The van der Waals surface area contributed by atoms with Crippen LogP contribution in [0.1, 0.15) is 19.3 Å². The summed E-state index contributed by atoms with van der Waals surface area (Å²) >= 11 is 0. The van der Waals surface area contributed by atoms with E-state index < -0.39 is 9.92 Å². The fourth-order valence-corrected chi connectivity index (χ4v) is 3.43. The van der Waals surface area contributed by atoms with Gasteiger partial charge < -0.3 is 0 Å². The zero-order valence-electron chi connectivity index (χ0n) is 7.45. The third kappa shape index (κ3) is 1.38. The molecule has 1 saturated carbocycles. The maximum Gasteiger partial charge on any atom is 0.104 e. The van der Waals surface area contributed by atoms with E-state index in [4.69, 9.17) is 4.78 Å². The van der Waals surface area contributed by atoms with Crippen LogP contribution in [0.5, 0.6) is 0 Å². The molecule has 3 unspecified atom stereocenters. The summed E-state index contributed by atoms with van der Waals surface area (Å²) in [6.07, 6.45) is 5.45. The lowest BCUT2D eigenvalue weighted by Gasteiger charge is -2.15. The number of hydrogen-bond donors (Lipinski definition) is 1. The van der Waals surface area contributed by atoms with E-state index in [1.54, 1.807) is 0 Å². The molecule has 1 N–H and O–H groups in total. The number of nitrogens with zero attached hydrogens (tertiary/aromatic N) is 1. The van der Waals surface area contributed by atoms with Crippen molar-refractivity contribution in [3.63, 3.8) is 0 Å². The highest BCUT2D eigenvalue weighted by atomic mass is 32.2. The zero-order chi connectivity index (χ0) is 8.77. The molecule has 1 aliphatic carbocycles. The SMILES string of the molecule is CS(=N)(=O)N1CC2CCCC2C1. The molecule has 12 heavy (non-hydrogen) atoms. The smallest absolute Gasteiger partial charge is 0.104 e. The third-order valence-corrected chi connectivity index (χ3v) is 4.47. The second-order valence-corrected chi connectivity index (χ2v) is 6.22. The first-order chi connectivity index (χ1) is 5.57. The number of fused-ring (bicyclic) bond motifs is 1. The topological polar surface area (TPSA) is 44.2 Å². The molecule has 0 amide bonds. The average Bonchev–Trinajstić information content (AvgIpc) is 2.37. The van der Waals surface area contributed by atoms with Crippen LogP contribution >= 0.6 is 0 Å². The molecule has 4 heteroatoms. The lowest BCUT2D eigenvalue weighted by atomic mass is 10.0. The summed E-state index contributed by atoms with van der Waals surface area (Å²) < 4.78 is 20.7. The Morgan fingerprint density at radius 1 is 1.33 bits per heavy atom. The summed E-state index contributed by atoms with van der Waals surface area (Å²) in [7, 11) is -2.41. The first-order valence-corrected chi connectivity index (χ1v) is 6.48. The summed E-state index contributed by atoms with van der Waals surface area (Å²) in [4.78, 5) is 0. The van der Waals surface area contributed by atoms with Crippen LogP contribution in [0, 0.1) is 16.6 Å². The lowest BCUT2D eigenvalue weighted by Crippen LogP contribution is -2.27. The summed E-state index contributed by atoms with van der Waals surface area (Å²) in [5, 5.41) is 0. The van der Waals surface area contributed by atoms with Crippen LogP contribution in [0.15, 0.2) is 0 Å². The monoisotopic (exact) mass is 188 g/mol. The van der Waals surface area contributed by atoms with Crippen molar-refractivity contribution >= 4 is 9.92 Å². The quantitative estimate of drug-likeness (QED) is 0.662. The molecular weight excluding hydrogens is 172 g/mol. The van der Waals surface area contributed by atoms with E-state index in [2.05, 4.69) is 0 Å². The summed E-state index contributed by atoms with van der Waals surface area (Å²) in [6, 6.07) is 0. The molecule has 0 aromatic rings. The van der Waals surface area contributed by atoms with Crippen LogP contribution in [0.25, 0.3) is 0 Å². The highest BCUT2D eigenvalue weighted by molar-refractivity contribution is 7.89. The van der Waals surface area contributed by atoms with Gasteiger partial charge in [-0.05, 0) is 24.7 Å². The van der Waals surface area contributed by atoms with Crippen molar-refractivity contribution in [1.82, 2.24) is 4.31 Å². The van der Waals surface area contributed by atoms with Gasteiger partial charge in [0.2, 0.25) is 0 Å². The Labute approximate surface area is 74.2 Å². The van der Waals surface area contributed by atoms with Gasteiger partial charge in [-0.25, -0.2) is 13.3 Å². The fourth-order valence-electron chi connectivity index (χ4n) is 2.48. The van der Waals surface area contributed by atoms with Gasteiger partial charge in [-0.15, -0.1) is 0 Å². The number of rotatable bonds is 1. The molecule has 2 rings (SSSR count). The third-order valence-electron chi connectivity index (χ3n) is 3.19.